The van der Waals surface area contributed by atoms with Crippen LogP contribution in [0.5, 0.6) is 0 Å². The van der Waals surface area contributed by atoms with E-state index < -0.39 is 24.0 Å². The van der Waals surface area contributed by atoms with E-state index in [0.29, 0.717) is 16.4 Å². The van der Waals surface area contributed by atoms with Gasteiger partial charge >= 0.3 is 5.97 Å². The minimum Gasteiger partial charge on any atom is -0.452 e. The molecule has 2 aromatic carbocycles. The number of halogens is 2. The molecule has 2 amide bonds. The molecule has 0 fully saturated rings. The first-order valence-electron chi connectivity index (χ1n) is 8.07. The van der Waals surface area contributed by atoms with Crippen LogP contribution in [-0.4, -0.2) is 29.9 Å². The number of hydrogen-bond acceptors (Lipinski definition) is 4. The summed E-state index contributed by atoms with van der Waals surface area (Å²) in [6, 6.07) is 11.3. The summed E-state index contributed by atoms with van der Waals surface area (Å²) < 4.78 is 5.12. The molecule has 8 heteroatoms. The molecule has 0 bridgehead atoms. The molecule has 0 atom stereocenters. The highest BCUT2D eigenvalue weighted by Gasteiger charge is 2.43. The lowest BCUT2D eigenvalue weighted by atomic mass is 9.96. The molecular weight excluding hydrogens is 391 g/mol. The van der Waals surface area contributed by atoms with Crippen LogP contribution in [0.15, 0.2) is 42.5 Å². The van der Waals surface area contributed by atoms with Gasteiger partial charge in [-0.3, -0.25) is 14.5 Å². The lowest BCUT2D eigenvalue weighted by Gasteiger charge is -2.41. The quantitative estimate of drug-likeness (QED) is 0.783. The molecule has 6 nitrogen and oxygen atoms in total. The van der Waals surface area contributed by atoms with Crippen molar-refractivity contribution < 1.29 is 19.1 Å². The van der Waals surface area contributed by atoms with Crippen LogP contribution in [0.2, 0.25) is 10.0 Å². The Kier molecular flexibility index (Phi) is 5.13. The molecule has 1 aliphatic rings. The van der Waals surface area contributed by atoms with Crippen molar-refractivity contribution in [1.29, 1.82) is 0 Å². The maximum atomic E-state index is 12.8. The van der Waals surface area contributed by atoms with E-state index in [-0.39, 0.29) is 16.5 Å². The van der Waals surface area contributed by atoms with Crippen molar-refractivity contribution in [3.05, 3.63) is 58.1 Å². The molecule has 2 aromatic rings. The number of para-hydroxylation sites is 2. The molecule has 1 N–H and O–H groups in total. The summed E-state index contributed by atoms with van der Waals surface area (Å²) in [7, 11) is 0. The standard InChI is InChI=1S/C19H16Cl2N2O4/c1-19(2)18(26)22-14-5-3-4-6-15(14)23(19)16(24)10-27-17(25)12-9-11(20)7-8-13(12)21/h3-9H,10H2,1-2H3,(H,22,26). The van der Waals surface area contributed by atoms with E-state index in [4.69, 9.17) is 27.9 Å². The first-order valence-corrected chi connectivity index (χ1v) is 8.83. The fraction of sp³-hybridized carbons (Fsp3) is 0.211. The van der Waals surface area contributed by atoms with Gasteiger partial charge in [0, 0.05) is 5.02 Å². The van der Waals surface area contributed by atoms with Crippen LogP contribution < -0.4 is 10.2 Å². The van der Waals surface area contributed by atoms with Crippen molar-refractivity contribution in [1.82, 2.24) is 0 Å². The van der Waals surface area contributed by atoms with Crippen molar-refractivity contribution in [2.75, 3.05) is 16.8 Å². The predicted molar refractivity (Wildman–Crippen MR) is 103 cm³/mol. The number of ether oxygens (including phenoxy) is 1. The number of rotatable bonds is 3. The van der Waals surface area contributed by atoms with Crippen LogP contribution in [-0.2, 0) is 14.3 Å². The minimum atomic E-state index is -1.15. The largest absolute Gasteiger partial charge is 0.452 e. The Labute approximate surface area is 166 Å². The number of carbonyl (C=O) groups excluding carboxylic acids is 3. The van der Waals surface area contributed by atoms with Crippen molar-refractivity contribution in [2.45, 2.75) is 19.4 Å². The highest BCUT2D eigenvalue weighted by atomic mass is 35.5. The van der Waals surface area contributed by atoms with E-state index in [1.807, 2.05) is 0 Å². The highest BCUT2D eigenvalue weighted by molar-refractivity contribution is 6.35. The number of esters is 1. The summed E-state index contributed by atoms with van der Waals surface area (Å²) >= 11 is 11.8. The highest BCUT2D eigenvalue weighted by Crippen LogP contribution is 2.36. The number of carbonyl (C=O) groups is 3. The summed E-state index contributed by atoms with van der Waals surface area (Å²) in [4.78, 5) is 38.8. The third kappa shape index (κ3) is 3.63. The smallest absolute Gasteiger partial charge is 0.340 e. The minimum absolute atomic E-state index is 0.0630. The van der Waals surface area contributed by atoms with Gasteiger partial charge in [0.2, 0.25) is 5.91 Å². The van der Waals surface area contributed by atoms with Crippen molar-refractivity contribution >= 4 is 52.4 Å². The summed E-state index contributed by atoms with van der Waals surface area (Å²) in [6.07, 6.45) is 0. The summed E-state index contributed by atoms with van der Waals surface area (Å²) in [5, 5.41) is 3.25. The van der Waals surface area contributed by atoms with Crippen LogP contribution in [0.1, 0.15) is 24.2 Å². The maximum Gasteiger partial charge on any atom is 0.340 e. The van der Waals surface area contributed by atoms with Crippen LogP contribution in [0.3, 0.4) is 0 Å². The molecule has 0 spiro atoms. The third-order valence-corrected chi connectivity index (χ3v) is 4.80. The lowest BCUT2D eigenvalue weighted by Crippen LogP contribution is -2.59. The van der Waals surface area contributed by atoms with Gasteiger partial charge in [0.15, 0.2) is 6.61 Å². The van der Waals surface area contributed by atoms with Gasteiger partial charge in [-0.25, -0.2) is 4.79 Å². The molecule has 3 rings (SSSR count). The van der Waals surface area contributed by atoms with Crippen LogP contribution >= 0.6 is 23.2 Å². The fourth-order valence-corrected chi connectivity index (χ4v) is 3.19. The number of nitrogens with one attached hydrogen (secondary N) is 1. The maximum absolute atomic E-state index is 12.8. The predicted octanol–water partition coefficient (Wildman–Crippen LogP) is 3.91. The Balaban J connectivity index is 1.82. The van der Waals surface area contributed by atoms with Crippen LogP contribution in [0.25, 0.3) is 0 Å². The number of anilines is 2. The molecular formula is C19H16Cl2N2O4. The first-order chi connectivity index (χ1) is 12.7. The van der Waals surface area contributed by atoms with E-state index in [1.165, 1.54) is 23.1 Å². The lowest BCUT2D eigenvalue weighted by molar-refractivity contribution is -0.128. The Morgan fingerprint density at radius 2 is 1.85 bits per heavy atom. The van der Waals surface area contributed by atoms with E-state index in [2.05, 4.69) is 5.32 Å². The molecule has 140 valence electrons. The van der Waals surface area contributed by atoms with Crippen molar-refractivity contribution in [3.63, 3.8) is 0 Å². The Morgan fingerprint density at radius 3 is 2.59 bits per heavy atom. The zero-order valence-electron chi connectivity index (χ0n) is 14.6. The van der Waals surface area contributed by atoms with Gasteiger partial charge in [0.25, 0.3) is 5.91 Å². The summed E-state index contributed by atoms with van der Waals surface area (Å²) in [5.74, 6) is -1.64. The summed E-state index contributed by atoms with van der Waals surface area (Å²) in [6.45, 7) is 2.68. The topological polar surface area (TPSA) is 75.7 Å². The molecule has 1 heterocycles. The molecule has 1 aliphatic heterocycles. The van der Waals surface area contributed by atoms with Crippen molar-refractivity contribution in [2.24, 2.45) is 0 Å². The number of amides is 2. The van der Waals surface area contributed by atoms with Gasteiger partial charge in [-0.15, -0.1) is 0 Å². The fourth-order valence-electron chi connectivity index (χ4n) is 2.82. The van der Waals surface area contributed by atoms with Gasteiger partial charge in [0.1, 0.15) is 5.54 Å². The Hall–Kier alpha value is -2.57. The van der Waals surface area contributed by atoms with Gasteiger partial charge in [-0.05, 0) is 44.2 Å². The third-order valence-electron chi connectivity index (χ3n) is 4.23. The zero-order valence-corrected chi connectivity index (χ0v) is 16.1. The number of hydrogen-bond donors (Lipinski definition) is 1. The Bertz CT molecular complexity index is 943. The average Bonchev–Trinajstić information content (AvgIpc) is 2.62. The van der Waals surface area contributed by atoms with Crippen LogP contribution in [0, 0.1) is 0 Å². The number of fused-ring (bicyclic) bond motifs is 1. The second kappa shape index (κ2) is 7.21. The molecule has 0 saturated carbocycles. The normalized spacial score (nSPS) is 15.0. The monoisotopic (exact) mass is 406 g/mol. The molecule has 0 radical (unpaired) electrons. The molecule has 0 unspecified atom stereocenters. The summed E-state index contributed by atoms with van der Waals surface area (Å²) in [5.41, 5.74) is -0.0396. The van der Waals surface area contributed by atoms with E-state index in [1.54, 1.807) is 38.1 Å². The zero-order chi connectivity index (χ0) is 19.8. The van der Waals surface area contributed by atoms with E-state index in [9.17, 15) is 14.4 Å². The number of benzene rings is 2. The van der Waals surface area contributed by atoms with E-state index in [0.717, 1.165) is 0 Å². The van der Waals surface area contributed by atoms with Crippen LogP contribution in [0.4, 0.5) is 11.4 Å². The molecule has 0 aliphatic carbocycles. The van der Waals surface area contributed by atoms with Gasteiger partial charge in [0.05, 0.1) is 22.0 Å². The second-order valence-corrected chi connectivity index (χ2v) is 7.30. The van der Waals surface area contributed by atoms with Gasteiger partial charge in [-0.2, -0.15) is 0 Å². The molecule has 0 aromatic heterocycles. The first kappa shape index (κ1) is 19.2. The molecule has 27 heavy (non-hydrogen) atoms. The van der Waals surface area contributed by atoms with Gasteiger partial charge < -0.3 is 10.1 Å². The SMILES string of the molecule is CC1(C)C(=O)Nc2ccccc2N1C(=O)COC(=O)c1cc(Cl)ccc1Cl. The number of nitrogens with zero attached hydrogens (tertiary/aromatic N) is 1. The van der Waals surface area contributed by atoms with E-state index >= 15 is 0 Å². The van der Waals surface area contributed by atoms with Crippen molar-refractivity contribution in [3.8, 4) is 0 Å². The average molecular weight is 407 g/mol. The van der Waals surface area contributed by atoms with Gasteiger partial charge in [-0.1, -0.05) is 35.3 Å². The molecule has 0 saturated heterocycles. The second-order valence-electron chi connectivity index (χ2n) is 6.46. The Morgan fingerprint density at radius 1 is 1.15 bits per heavy atom.